The first-order chi connectivity index (χ1) is 16.0. The molecule has 3 heterocycles. The molecule has 9 heteroatoms. The third-order valence-electron chi connectivity index (χ3n) is 5.94. The highest BCUT2D eigenvalue weighted by atomic mass is 16.5. The topological polar surface area (TPSA) is 97.2 Å². The number of urea groups is 1. The van der Waals surface area contributed by atoms with E-state index in [1.54, 1.807) is 0 Å². The van der Waals surface area contributed by atoms with Gasteiger partial charge in [0.15, 0.2) is 17.3 Å². The van der Waals surface area contributed by atoms with Gasteiger partial charge in [-0.15, -0.1) is 0 Å². The number of nitrogens with one attached hydrogen (secondary N) is 2. The van der Waals surface area contributed by atoms with Gasteiger partial charge in [-0.1, -0.05) is 13.3 Å². The number of nitrogens with zero attached hydrogens (tertiary/aromatic N) is 5. The lowest BCUT2D eigenvalue weighted by atomic mass is 10.2. The maximum absolute atomic E-state index is 11.8. The van der Waals surface area contributed by atoms with Crippen LogP contribution in [0.1, 0.15) is 39.4 Å². The number of aromatic nitrogens is 4. The van der Waals surface area contributed by atoms with E-state index in [1.807, 2.05) is 31.2 Å². The molecule has 0 spiro atoms. The lowest BCUT2D eigenvalue weighted by molar-refractivity contribution is 0.0986. The Bertz CT molecular complexity index is 1110. The molecule has 1 saturated heterocycles. The zero-order valence-corrected chi connectivity index (χ0v) is 19.9. The number of imidazole rings is 1. The molecule has 4 rings (SSSR count). The molecule has 1 aliphatic heterocycles. The van der Waals surface area contributed by atoms with Gasteiger partial charge in [0.2, 0.25) is 0 Å². The summed E-state index contributed by atoms with van der Waals surface area (Å²) in [5.74, 6) is 2.55. The number of carbonyl (C=O) groups is 1. The van der Waals surface area contributed by atoms with E-state index in [2.05, 4.69) is 41.0 Å². The second kappa shape index (κ2) is 10.2. The van der Waals surface area contributed by atoms with Crippen LogP contribution < -0.4 is 15.5 Å². The van der Waals surface area contributed by atoms with Crippen LogP contribution in [0, 0.1) is 0 Å². The van der Waals surface area contributed by atoms with E-state index >= 15 is 0 Å². The van der Waals surface area contributed by atoms with E-state index in [4.69, 9.17) is 19.7 Å². The van der Waals surface area contributed by atoms with Gasteiger partial charge in [-0.25, -0.2) is 19.7 Å². The highest BCUT2D eigenvalue weighted by molar-refractivity contribution is 5.90. The van der Waals surface area contributed by atoms with Crippen molar-refractivity contribution < 1.29 is 9.53 Å². The molecule has 2 amide bonds. The molecular formula is C24H33N7O2. The summed E-state index contributed by atoms with van der Waals surface area (Å²) in [6.45, 7) is 8.92. The minimum absolute atomic E-state index is 0.211. The molecule has 2 N–H and O–H groups in total. The fourth-order valence-corrected chi connectivity index (χ4v) is 4.10. The number of rotatable bonds is 7. The number of benzene rings is 1. The summed E-state index contributed by atoms with van der Waals surface area (Å²) in [7, 11) is 2.06. The van der Waals surface area contributed by atoms with E-state index in [0.717, 1.165) is 48.5 Å². The van der Waals surface area contributed by atoms with E-state index in [-0.39, 0.29) is 12.1 Å². The van der Waals surface area contributed by atoms with Crippen molar-refractivity contribution in [3.8, 4) is 11.4 Å². The molecule has 0 radical (unpaired) electrons. The molecule has 1 atom stereocenters. The number of hydrogen-bond acceptors (Lipinski definition) is 6. The summed E-state index contributed by atoms with van der Waals surface area (Å²) in [4.78, 5) is 28.8. The van der Waals surface area contributed by atoms with E-state index in [0.29, 0.717) is 36.9 Å². The first kappa shape index (κ1) is 23.0. The van der Waals surface area contributed by atoms with Crippen molar-refractivity contribution in [2.75, 3.05) is 36.5 Å². The van der Waals surface area contributed by atoms with Gasteiger partial charge < -0.3 is 24.8 Å². The average molecular weight is 452 g/mol. The Hall–Kier alpha value is -3.20. The van der Waals surface area contributed by atoms with E-state index in [9.17, 15) is 4.79 Å². The molecule has 176 valence electrons. The van der Waals surface area contributed by atoms with Crippen LogP contribution in [0.3, 0.4) is 0 Å². The van der Waals surface area contributed by atoms with Crippen LogP contribution in [0.15, 0.2) is 24.3 Å². The van der Waals surface area contributed by atoms with Crippen molar-refractivity contribution in [3.63, 3.8) is 0 Å². The third-order valence-corrected chi connectivity index (χ3v) is 5.94. The number of ether oxygens (including phenoxy) is 1. The lowest BCUT2D eigenvalue weighted by Crippen LogP contribution is -2.44. The Kier molecular flexibility index (Phi) is 7.08. The fourth-order valence-electron chi connectivity index (χ4n) is 4.10. The van der Waals surface area contributed by atoms with Crippen LogP contribution in [0.25, 0.3) is 22.6 Å². The van der Waals surface area contributed by atoms with Crippen molar-refractivity contribution in [2.24, 2.45) is 7.05 Å². The largest absolute Gasteiger partial charge is 0.377 e. The average Bonchev–Trinajstić information content (AvgIpc) is 3.13. The molecule has 0 bridgehead atoms. The minimum Gasteiger partial charge on any atom is -0.377 e. The highest BCUT2D eigenvalue weighted by Crippen LogP contribution is 2.30. The van der Waals surface area contributed by atoms with Crippen LogP contribution in [-0.4, -0.2) is 57.9 Å². The normalized spacial score (nSPS) is 16.2. The lowest BCUT2D eigenvalue weighted by Gasteiger charge is -2.34. The molecular weight excluding hydrogens is 418 g/mol. The predicted molar refractivity (Wildman–Crippen MR) is 131 cm³/mol. The maximum atomic E-state index is 11.8. The first-order valence-corrected chi connectivity index (χ1v) is 11.7. The van der Waals surface area contributed by atoms with Crippen molar-refractivity contribution in [1.82, 2.24) is 24.8 Å². The van der Waals surface area contributed by atoms with Gasteiger partial charge in [0, 0.05) is 37.8 Å². The van der Waals surface area contributed by atoms with Crippen LogP contribution in [0.4, 0.5) is 16.3 Å². The zero-order chi connectivity index (χ0) is 23.4. The first-order valence-electron chi connectivity index (χ1n) is 11.7. The Morgan fingerprint density at radius 3 is 2.67 bits per heavy atom. The summed E-state index contributed by atoms with van der Waals surface area (Å²) in [6.07, 6.45) is 3.11. The smallest absolute Gasteiger partial charge is 0.319 e. The molecule has 0 aliphatic carbocycles. The SMILES string of the molecule is CCCCc1nc2nc(-c3ccc(NC(=O)NCC)cc3)nc(N3CCOC[C@@H]3C)c2n1C. The number of aryl methyl sites for hydroxylation is 2. The number of carbonyl (C=O) groups excluding carboxylic acids is 1. The molecule has 9 nitrogen and oxygen atoms in total. The number of hydrogen-bond donors (Lipinski definition) is 2. The van der Waals surface area contributed by atoms with Crippen molar-refractivity contribution in [1.29, 1.82) is 0 Å². The second-order valence-electron chi connectivity index (χ2n) is 8.41. The maximum Gasteiger partial charge on any atom is 0.319 e. The Morgan fingerprint density at radius 1 is 1.18 bits per heavy atom. The summed E-state index contributed by atoms with van der Waals surface area (Å²) >= 11 is 0. The quantitative estimate of drug-likeness (QED) is 0.568. The summed E-state index contributed by atoms with van der Waals surface area (Å²) in [6, 6.07) is 7.56. The van der Waals surface area contributed by atoms with E-state index < -0.39 is 0 Å². The van der Waals surface area contributed by atoms with Gasteiger partial charge in [0.1, 0.15) is 11.3 Å². The van der Waals surface area contributed by atoms with Gasteiger partial charge >= 0.3 is 6.03 Å². The third kappa shape index (κ3) is 4.93. The minimum atomic E-state index is -0.223. The molecule has 1 aliphatic rings. The van der Waals surface area contributed by atoms with Crippen molar-refractivity contribution >= 4 is 28.7 Å². The molecule has 2 aromatic heterocycles. The van der Waals surface area contributed by atoms with Crippen LogP contribution in [-0.2, 0) is 18.2 Å². The van der Waals surface area contributed by atoms with Gasteiger partial charge in [-0.2, -0.15) is 0 Å². The second-order valence-corrected chi connectivity index (χ2v) is 8.41. The van der Waals surface area contributed by atoms with Gasteiger partial charge in [0.25, 0.3) is 0 Å². The zero-order valence-electron chi connectivity index (χ0n) is 19.9. The van der Waals surface area contributed by atoms with Crippen LogP contribution in [0.5, 0.6) is 0 Å². The fraction of sp³-hybridized carbons (Fsp3) is 0.500. The Morgan fingerprint density at radius 2 is 1.97 bits per heavy atom. The Balaban J connectivity index is 1.75. The molecule has 3 aromatic rings. The molecule has 1 fully saturated rings. The number of anilines is 2. The number of unbranched alkanes of at least 4 members (excludes halogenated alkanes) is 1. The molecule has 1 aromatic carbocycles. The Labute approximate surface area is 194 Å². The van der Waals surface area contributed by atoms with Gasteiger partial charge in [0.05, 0.1) is 19.3 Å². The summed E-state index contributed by atoms with van der Waals surface area (Å²) < 4.78 is 7.81. The summed E-state index contributed by atoms with van der Waals surface area (Å²) in [5, 5.41) is 5.55. The molecule has 0 unspecified atom stereocenters. The number of morpholine rings is 1. The number of fused-ring (bicyclic) bond motifs is 1. The van der Waals surface area contributed by atoms with Crippen molar-refractivity contribution in [2.45, 2.75) is 46.1 Å². The van der Waals surface area contributed by atoms with Gasteiger partial charge in [-0.05, 0) is 44.5 Å². The highest BCUT2D eigenvalue weighted by Gasteiger charge is 2.26. The summed E-state index contributed by atoms with van der Waals surface area (Å²) in [5.41, 5.74) is 3.27. The van der Waals surface area contributed by atoms with Crippen molar-refractivity contribution in [3.05, 3.63) is 30.1 Å². The van der Waals surface area contributed by atoms with Gasteiger partial charge in [-0.3, -0.25) is 0 Å². The molecule has 0 saturated carbocycles. The van der Waals surface area contributed by atoms with Crippen LogP contribution in [0.2, 0.25) is 0 Å². The number of amides is 2. The van der Waals surface area contributed by atoms with E-state index in [1.165, 1.54) is 0 Å². The predicted octanol–water partition coefficient (Wildman–Crippen LogP) is 3.74. The monoisotopic (exact) mass is 451 g/mol. The molecule has 33 heavy (non-hydrogen) atoms. The van der Waals surface area contributed by atoms with Crippen LogP contribution >= 0.6 is 0 Å². The standard InChI is InChI=1S/C24H33N7O2/c1-5-7-8-19-27-22-20(30(19)4)23(31-13-14-33-15-16(31)3)29-21(28-22)17-9-11-18(12-10-17)26-24(32)25-6-2/h9-12,16H,5-8,13-15H2,1-4H3,(H2,25,26,32)/t16-/m0/s1.